The van der Waals surface area contributed by atoms with Crippen LogP contribution in [0.4, 0.5) is 0 Å². The third-order valence-corrected chi connectivity index (χ3v) is 6.47. The monoisotopic (exact) mass is 444 g/mol. The van der Waals surface area contributed by atoms with E-state index in [-0.39, 0.29) is 6.42 Å². The fraction of sp³-hybridized carbons (Fsp3) is 0.345. The number of carboxylic acids is 1. The van der Waals surface area contributed by atoms with Crippen molar-refractivity contribution in [1.82, 2.24) is 0 Å². The van der Waals surface area contributed by atoms with Gasteiger partial charge in [-0.05, 0) is 66.6 Å². The summed E-state index contributed by atoms with van der Waals surface area (Å²) < 4.78 is 11.8. The van der Waals surface area contributed by atoms with Crippen molar-refractivity contribution in [2.24, 2.45) is 0 Å². The molecule has 1 aliphatic rings. The van der Waals surface area contributed by atoms with Crippen molar-refractivity contribution in [1.29, 1.82) is 0 Å². The van der Waals surface area contributed by atoms with E-state index < -0.39 is 11.6 Å². The first-order valence-corrected chi connectivity index (χ1v) is 11.8. The van der Waals surface area contributed by atoms with Gasteiger partial charge in [0.2, 0.25) is 5.60 Å². The Bertz CT molecular complexity index is 1020. The molecule has 172 valence electrons. The fourth-order valence-electron chi connectivity index (χ4n) is 4.49. The lowest BCUT2D eigenvalue weighted by Gasteiger charge is -2.27. The lowest BCUT2D eigenvalue weighted by Crippen LogP contribution is -2.43. The largest absolute Gasteiger partial charge is 0.489 e. The SMILES string of the molecule is CC(Cc1ccc(OCc2ccccc2)cc1)(Oc1ccc(C2CCCCC2)cc1)C(=O)O. The summed E-state index contributed by atoms with van der Waals surface area (Å²) >= 11 is 0. The Hall–Kier alpha value is -3.27. The maximum atomic E-state index is 12.1. The van der Waals surface area contributed by atoms with E-state index in [0.717, 1.165) is 16.9 Å². The maximum Gasteiger partial charge on any atom is 0.348 e. The molecule has 0 spiro atoms. The molecular formula is C29H32O4. The number of hydrogen-bond donors (Lipinski definition) is 1. The average Bonchev–Trinajstić information content (AvgIpc) is 2.85. The summed E-state index contributed by atoms with van der Waals surface area (Å²) in [6.07, 6.45) is 6.63. The molecule has 1 saturated carbocycles. The van der Waals surface area contributed by atoms with Gasteiger partial charge in [-0.25, -0.2) is 4.79 Å². The van der Waals surface area contributed by atoms with Gasteiger partial charge in [-0.15, -0.1) is 0 Å². The topological polar surface area (TPSA) is 55.8 Å². The van der Waals surface area contributed by atoms with Gasteiger partial charge in [0.05, 0.1) is 0 Å². The van der Waals surface area contributed by atoms with Crippen LogP contribution in [0.2, 0.25) is 0 Å². The second kappa shape index (κ2) is 10.6. The number of aliphatic carboxylic acids is 1. The molecule has 1 unspecified atom stereocenters. The first kappa shape index (κ1) is 22.9. The van der Waals surface area contributed by atoms with Crippen LogP contribution in [0.5, 0.6) is 11.5 Å². The summed E-state index contributed by atoms with van der Waals surface area (Å²) in [6, 6.07) is 25.5. The molecule has 0 amide bonds. The molecule has 0 saturated heterocycles. The van der Waals surface area contributed by atoms with Crippen LogP contribution in [-0.4, -0.2) is 16.7 Å². The lowest BCUT2D eigenvalue weighted by molar-refractivity contribution is -0.153. The highest BCUT2D eigenvalue weighted by Gasteiger charge is 2.36. The van der Waals surface area contributed by atoms with E-state index in [4.69, 9.17) is 9.47 Å². The smallest absolute Gasteiger partial charge is 0.348 e. The zero-order valence-electron chi connectivity index (χ0n) is 19.2. The van der Waals surface area contributed by atoms with Crippen LogP contribution in [0.1, 0.15) is 61.6 Å². The first-order valence-electron chi connectivity index (χ1n) is 11.8. The maximum absolute atomic E-state index is 12.1. The van der Waals surface area contributed by atoms with Crippen LogP contribution in [0, 0.1) is 0 Å². The molecule has 0 aliphatic heterocycles. The summed E-state index contributed by atoms with van der Waals surface area (Å²) in [5.41, 5.74) is 1.94. The molecule has 3 aromatic carbocycles. The van der Waals surface area contributed by atoms with Crippen molar-refractivity contribution < 1.29 is 19.4 Å². The molecule has 1 aliphatic carbocycles. The second-order valence-electron chi connectivity index (χ2n) is 9.14. The zero-order chi connectivity index (χ0) is 23.1. The Labute approximate surface area is 196 Å². The number of hydrogen-bond acceptors (Lipinski definition) is 3. The molecule has 0 bridgehead atoms. The molecule has 1 atom stereocenters. The quantitative estimate of drug-likeness (QED) is 0.395. The minimum Gasteiger partial charge on any atom is -0.489 e. The van der Waals surface area contributed by atoms with E-state index in [2.05, 4.69) is 12.1 Å². The molecule has 0 radical (unpaired) electrons. The van der Waals surface area contributed by atoms with Gasteiger partial charge in [-0.1, -0.05) is 73.9 Å². The van der Waals surface area contributed by atoms with Gasteiger partial charge in [-0.2, -0.15) is 0 Å². The molecule has 1 fully saturated rings. The van der Waals surface area contributed by atoms with E-state index in [9.17, 15) is 9.90 Å². The van der Waals surface area contributed by atoms with Crippen molar-refractivity contribution in [3.8, 4) is 11.5 Å². The molecule has 0 heterocycles. The number of ether oxygens (including phenoxy) is 2. The van der Waals surface area contributed by atoms with E-state index in [1.807, 2.05) is 66.7 Å². The highest BCUT2D eigenvalue weighted by molar-refractivity contribution is 5.78. The van der Waals surface area contributed by atoms with Gasteiger partial charge in [0.15, 0.2) is 0 Å². The van der Waals surface area contributed by atoms with E-state index in [1.54, 1.807) is 6.92 Å². The van der Waals surface area contributed by atoms with Crippen molar-refractivity contribution in [3.05, 3.63) is 95.6 Å². The molecule has 4 rings (SSSR count). The molecule has 33 heavy (non-hydrogen) atoms. The average molecular weight is 445 g/mol. The van der Waals surface area contributed by atoms with Gasteiger partial charge in [0.25, 0.3) is 0 Å². The Morgan fingerprint density at radius 2 is 1.48 bits per heavy atom. The van der Waals surface area contributed by atoms with Crippen molar-refractivity contribution in [2.45, 2.75) is 63.6 Å². The Morgan fingerprint density at radius 1 is 0.848 bits per heavy atom. The lowest BCUT2D eigenvalue weighted by atomic mass is 9.84. The number of benzene rings is 3. The summed E-state index contributed by atoms with van der Waals surface area (Å²) in [5.74, 6) is 0.964. The van der Waals surface area contributed by atoms with Crippen LogP contribution in [0.3, 0.4) is 0 Å². The Kier molecular flexibility index (Phi) is 7.33. The molecule has 4 nitrogen and oxygen atoms in total. The summed E-state index contributed by atoms with van der Waals surface area (Å²) in [7, 11) is 0. The zero-order valence-corrected chi connectivity index (χ0v) is 19.2. The molecular weight excluding hydrogens is 412 g/mol. The van der Waals surface area contributed by atoms with Crippen LogP contribution < -0.4 is 9.47 Å². The number of rotatable bonds is 9. The summed E-state index contributed by atoms with van der Waals surface area (Å²) in [6.45, 7) is 2.12. The second-order valence-corrected chi connectivity index (χ2v) is 9.14. The van der Waals surface area contributed by atoms with Crippen LogP contribution in [-0.2, 0) is 17.8 Å². The van der Waals surface area contributed by atoms with E-state index in [0.29, 0.717) is 18.3 Å². The Morgan fingerprint density at radius 3 is 2.12 bits per heavy atom. The Balaban J connectivity index is 1.38. The normalized spacial score (nSPS) is 16.0. The van der Waals surface area contributed by atoms with Gasteiger partial charge in [0, 0.05) is 6.42 Å². The van der Waals surface area contributed by atoms with Gasteiger partial charge < -0.3 is 14.6 Å². The van der Waals surface area contributed by atoms with E-state index in [1.165, 1.54) is 37.7 Å². The van der Waals surface area contributed by atoms with Crippen LogP contribution in [0.15, 0.2) is 78.9 Å². The van der Waals surface area contributed by atoms with Crippen LogP contribution in [0.25, 0.3) is 0 Å². The highest BCUT2D eigenvalue weighted by Crippen LogP contribution is 2.34. The summed E-state index contributed by atoms with van der Waals surface area (Å²) in [5, 5.41) is 9.93. The molecule has 3 aromatic rings. The number of carboxylic acid groups (broad SMARTS) is 1. The molecule has 1 N–H and O–H groups in total. The van der Waals surface area contributed by atoms with Gasteiger partial charge in [-0.3, -0.25) is 0 Å². The fourth-order valence-corrected chi connectivity index (χ4v) is 4.49. The van der Waals surface area contributed by atoms with Crippen molar-refractivity contribution in [2.75, 3.05) is 0 Å². The van der Waals surface area contributed by atoms with Crippen molar-refractivity contribution in [3.63, 3.8) is 0 Å². The summed E-state index contributed by atoms with van der Waals surface area (Å²) in [4.78, 5) is 12.1. The predicted molar refractivity (Wildman–Crippen MR) is 130 cm³/mol. The standard InChI is InChI=1S/C29H32O4/c1-29(28(30)31,33-27-18-14-25(15-19-27)24-10-6-3-7-11-24)20-22-12-16-26(17-13-22)32-21-23-8-4-2-5-9-23/h2,4-5,8-9,12-19,24H,3,6-7,10-11,20-21H2,1H3,(H,30,31). The third kappa shape index (κ3) is 6.16. The van der Waals surface area contributed by atoms with E-state index >= 15 is 0 Å². The van der Waals surface area contributed by atoms with Gasteiger partial charge >= 0.3 is 5.97 Å². The minimum absolute atomic E-state index is 0.256. The third-order valence-electron chi connectivity index (χ3n) is 6.47. The van der Waals surface area contributed by atoms with Crippen molar-refractivity contribution >= 4 is 5.97 Å². The number of carbonyl (C=O) groups is 1. The molecule has 4 heteroatoms. The minimum atomic E-state index is -1.36. The predicted octanol–water partition coefficient (Wildman–Crippen LogP) is 6.78. The highest BCUT2D eigenvalue weighted by atomic mass is 16.5. The molecule has 0 aromatic heterocycles. The van der Waals surface area contributed by atoms with Gasteiger partial charge in [0.1, 0.15) is 18.1 Å². The first-order chi connectivity index (χ1) is 16.0. The van der Waals surface area contributed by atoms with Crippen LogP contribution >= 0.6 is 0 Å².